The summed E-state index contributed by atoms with van der Waals surface area (Å²) in [5.74, 6) is 1.69. The summed E-state index contributed by atoms with van der Waals surface area (Å²) in [6.07, 6.45) is 2.78. The van der Waals surface area contributed by atoms with Crippen LogP contribution in [0.3, 0.4) is 0 Å². The summed E-state index contributed by atoms with van der Waals surface area (Å²) in [4.78, 5) is 12.0. The lowest BCUT2D eigenvalue weighted by molar-refractivity contribution is 0.213. The molecule has 7 heteroatoms. The minimum absolute atomic E-state index is 0.0373. The van der Waals surface area contributed by atoms with E-state index >= 15 is 0 Å². The second-order valence-electron chi connectivity index (χ2n) is 10.2. The third kappa shape index (κ3) is 5.63. The van der Waals surface area contributed by atoms with Crippen molar-refractivity contribution >= 4 is 22.6 Å². The summed E-state index contributed by atoms with van der Waals surface area (Å²) >= 11 is 1.79. The maximum Gasteiger partial charge on any atom is 0.243 e. The number of aromatic nitrogens is 1. The minimum atomic E-state index is -0.0373. The molecule has 1 fully saturated rings. The van der Waals surface area contributed by atoms with Gasteiger partial charge in [0.25, 0.3) is 0 Å². The fraction of sp³-hybridized carbons (Fsp3) is 0.357. The Morgan fingerprint density at radius 3 is 2.80 bits per heavy atom. The molecule has 182 valence electrons. The van der Waals surface area contributed by atoms with Crippen LogP contribution < -0.4 is 10.1 Å². The quantitative estimate of drug-likeness (QED) is 0.457. The van der Waals surface area contributed by atoms with Crippen LogP contribution in [0.1, 0.15) is 38.3 Å². The van der Waals surface area contributed by atoms with Crippen molar-refractivity contribution in [3.8, 4) is 17.4 Å². The molecule has 0 amide bonds. The molecule has 2 N–H and O–H groups in total. The van der Waals surface area contributed by atoms with Crippen molar-refractivity contribution in [1.29, 1.82) is 0 Å². The maximum atomic E-state index is 9.77. The Bertz CT molecular complexity index is 1220. The zero-order chi connectivity index (χ0) is 24.4. The number of likely N-dealkylation sites (tertiary alicyclic amines) is 1. The monoisotopic (exact) mass is 488 g/mol. The topological polar surface area (TPSA) is 70.0 Å². The van der Waals surface area contributed by atoms with E-state index in [0.29, 0.717) is 22.9 Å². The van der Waals surface area contributed by atoms with Gasteiger partial charge in [-0.3, -0.25) is 9.89 Å². The van der Waals surface area contributed by atoms with Crippen LogP contribution in [0.15, 0.2) is 71.9 Å². The number of aliphatic imine (C=N–C) groups is 1. The molecule has 0 bridgehead atoms. The van der Waals surface area contributed by atoms with E-state index in [1.807, 2.05) is 42.5 Å². The molecule has 2 atom stereocenters. The highest BCUT2D eigenvalue weighted by molar-refractivity contribution is 8.15. The SMILES string of the molecule is CC(C)(C)c1ccccc1Oc1ncccc1NC1=NC2CCN(Cc3cccc(O)c3)CC2S1. The van der Waals surface area contributed by atoms with Gasteiger partial charge in [0.15, 0.2) is 5.17 Å². The number of phenolic OH excluding ortho intramolecular Hbond substituents is 1. The normalized spacial score (nSPS) is 20.3. The molecule has 0 radical (unpaired) electrons. The van der Waals surface area contributed by atoms with E-state index in [4.69, 9.17) is 9.73 Å². The Hall–Kier alpha value is -3.03. The van der Waals surface area contributed by atoms with Crippen LogP contribution in [-0.2, 0) is 12.0 Å². The van der Waals surface area contributed by atoms with Gasteiger partial charge in [-0.1, -0.05) is 62.9 Å². The third-order valence-electron chi connectivity index (χ3n) is 6.39. The van der Waals surface area contributed by atoms with Gasteiger partial charge >= 0.3 is 0 Å². The van der Waals surface area contributed by atoms with Gasteiger partial charge in [0.05, 0.1) is 6.04 Å². The lowest BCUT2D eigenvalue weighted by atomic mass is 9.86. The van der Waals surface area contributed by atoms with E-state index < -0.39 is 0 Å². The van der Waals surface area contributed by atoms with Crippen LogP contribution in [-0.4, -0.2) is 44.5 Å². The highest BCUT2D eigenvalue weighted by atomic mass is 32.2. The van der Waals surface area contributed by atoms with E-state index in [2.05, 4.69) is 48.1 Å². The average Bonchev–Trinajstić information content (AvgIpc) is 3.22. The number of phenols is 1. The molecule has 0 aliphatic carbocycles. The molecule has 3 heterocycles. The molecule has 2 aliphatic rings. The summed E-state index contributed by atoms with van der Waals surface area (Å²) in [6, 6.07) is 19.9. The Labute approximate surface area is 211 Å². The molecule has 35 heavy (non-hydrogen) atoms. The zero-order valence-electron chi connectivity index (χ0n) is 20.4. The number of para-hydroxylation sites is 1. The van der Waals surface area contributed by atoms with Crippen molar-refractivity contribution in [2.45, 2.75) is 50.4 Å². The Kier molecular flexibility index (Phi) is 6.71. The predicted molar refractivity (Wildman–Crippen MR) is 144 cm³/mol. The van der Waals surface area contributed by atoms with Crippen LogP contribution in [0.5, 0.6) is 17.4 Å². The van der Waals surface area contributed by atoms with Gasteiger partial charge in [0.1, 0.15) is 17.2 Å². The summed E-state index contributed by atoms with van der Waals surface area (Å²) in [6.45, 7) is 9.36. The van der Waals surface area contributed by atoms with Gasteiger partial charge < -0.3 is 15.2 Å². The van der Waals surface area contributed by atoms with Gasteiger partial charge in [-0.05, 0) is 47.7 Å². The molecule has 2 aliphatic heterocycles. The summed E-state index contributed by atoms with van der Waals surface area (Å²) in [5.41, 5.74) is 3.06. The number of hydrogen-bond donors (Lipinski definition) is 2. The number of ether oxygens (including phenoxy) is 1. The summed E-state index contributed by atoms with van der Waals surface area (Å²) in [5, 5.41) is 14.6. The van der Waals surface area contributed by atoms with Crippen molar-refractivity contribution in [2.24, 2.45) is 4.99 Å². The number of piperidine rings is 1. The number of pyridine rings is 1. The number of nitrogens with zero attached hydrogens (tertiary/aromatic N) is 3. The largest absolute Gasteiger partial charge is 0.508 e. The molecule has 5 rings (SSSR count). The third-order valence-corrected chi connectivity index (χ3v) is 7.58. The van der Waals surface area contributed by atoms with Crippen molar-refractivity contribution in [1.82, 2.24) is 9.88 Å². The Morgan fingerprint density at radius 2 is 1.97 bits per heavy atom. The van der Waals surface area contributed by atoms with Gasteiger partial charge in [-0.25, -0.2) is 4.98 Å². The number of anilines is 1. The van der Waals surface area contributed by atoms with E-state index in [1.54, 1.807) is 24.0 Å². The highest BCUT2D eigenvalue weighted by Gasteiger charge is 2.35. The van der Waals surface area contributed by atoms with Gasteiger partial charge in [0, 0.05) is 36.6 Å². The molecule has 0 spiro atoms. The van der Waals surface area contributed by atoms with Gasteiger partial charge in [-0.15, -0.1) is 0 Å². The van der Waals surface area contributed by atoms with E-state index in [1.165, 1.54) is 0 Å². The molecule has 2 unspecified atom stereocenters. The lowest BCUT2D eigenvalue weighted by Crippen LogP contribution is -2.42. The number of benzene rings is 2. The smallest absolute Gasteiger partial charge is 0.243 e. The Balaban J connectivity index is 1.26. The first-order valence-electron chi connectivity index (χ1n) is 12.1. The van der Waals surface area contributed by atoms with E-state index in [-0.39, 0.29) is 5.41 Å². The van der Waals surface area contributed by atoms with E-state index in [9.17, 15) is 5.11 Å². The molecule has 6 nitrogen and oxygen atoms in total. The summed E-state index contributed by atoms with van der Waals surface area (Å²) < 4.78 is 6.32. The van der Waals surface area contributed by atoms with Gasteiger partial charge in [-0.2, -0.15) is 0 Å². The molecule has 0 saturated carbocycles. The predicted octanol–water partition coefficient (Wildman–Crippen LogP) is 6.03. The standard InChI is InChI=1S/C28H32N4O2S/c1-28(2,3)21-10-4-5-12-24(21)34-26-23(11-7-14-29-26)31-27-30-22-13-15-32(18-25(22)35-27)17-19-8-6-9-20(33)16-19/h4-12,14,16,22,25,33H,13,15,17-18H2,1-3H3,(H,30,31). The first-order valence-corrected chi connectivity index (χ1v) is 13.0. The molecular weight excluding hydrogens is 456 g/mol. The number of fused-ring (bicyclic) bond motifs is 1. The van der Waals surface area contributed by atoms with Crippen LogP contribution in [0, 0.1) is 0 Å². The number of thioether (sulfide) groups is 1. The van der Waals surface area contributed by atoms with Crippen molar-refractivity contribution in [3.05, 3.63) is 78.0 Å². The number of rotatable bonds is 5. The molecule has 2 aromatic carbocycles. The second kappa shape index (κ2) is 9.91. The van der Waals surface area contributed by atoms with Crippen molar-refractivity contribution < 1.29 is 9.84 Å². The van der Waals surface area contributed by atoms with Crippen molar-refractivity contribution in [2.75, 3.05) is 18.4 Å². The van der Waals surface area contributed by atoms with Gasteiger partial charge in [0.2, 0.25) is 5.88 Å². The minimum Gasteiger partial charge on any atom is -0.508 e. The Morgan fingerprint density at radius 1 is 1.11 bits per heavy atom. The second-order valence-corrected chi connectivity index (χ2v) is 11.4. The molecule has 1 saturated heterocycles. The van der Waals surface area contributed by atoms with E-state index in [0.717, 1.165) is 53.8 Å². The maximum absolute atomic E-state index is 9.77. The fourth-order valence-electron chi connectivity index (χ4n) is 4.64. The highest BCUT2D eigenvalue weighted by Crippen LogP contribution is 2.38. The molecular formula is C28H32N4O2S. The fourth-order valence-corrected chi connectivity index (χ4v) is 5.93. The van der Waals surface area contributed by atoms with Crippen LogP contribution >= 0.6 is 11.8 Å². The molecule has 1 aromatic heterocycles. The summed E-state index contributed by atoms with van der Waals surface area (Å²) in [7, 11) is 0. The average molecular weight is 489 g/mol. The lowest BCUT2D eigenvalue weighted by Gasteiger charge is -2.33. The first kappa shape index (κ1) is 23.7. The molecule has 3 aromatic rings. The van der Waals surface area contributed by atoms with Crippen LogP contribution in [0.25, 0.3) is 0 Å². The number of hydrogen-bond acceptors (Lipinski definition) is 7. The van der Waals surface area contributed by atoms with Crippen LogP contribution in [0.4, 0.5) is 5.69 Å². The first-order chi connectivity index (χ1) is 16.8. The number of nitrogens with one attached hydrogen (secondary N) is 1. The van der Waals surface area contributed by atoms with Crippen molar-refractivity contribution in [3.63, 3.8) is 0 Å². The number of aromatic hydroxyl groups is 1. The van der Waals surface area contributed by atoms with Crippen LogP contribution in [0.2, 0.25) is 0 Å². The zero-order valence-corrected chi connectivity index (χ0v) is 21.3. The number of amidine groups is 1.